The average molecular weight is 654 g/mol. The molecule has 252 valence electrons. The number of methoxy groups -OCH3 is 4. The van der Waals surface area contributed by atoms with E-state index in [1.54, 1.807) is 34.6 Å². The van der Waals surface area contributed by atoms with E-state index in [9.17, 15) is 9.59 Å². The van der Waals surface area contributed by atoms with Crippen molar-refractivity contribution in [1.82, 2.24) is 15.2 Å². The van der Waals surface area contributed by atoms with E-state index in [0.717, 1.165) is 71.1 Å². The predicted octanol–water partition coefficient (Wildman–Crippen LogP) is 7.19. The molecule has 1 aromatic heterocycles. The van der Waals surface area contributed by atoms with E-state index in [-0.39, 0.29) is 23.9 Å². The lowest BCUT2D eigenvalue weighted by molar-refractivity contribution is -0.137. The molecule has 2 unspecified atom stereocenters. The van der Waals surface area contributed by atoms with Crippen LogP contribution < -0.4 is 29.0 Å². The molecule has 0 bridgehead atoms. The molecular formula is C38H43N3O7. The Morgan fingerprint density at radius 1 is 0.708 bits per heavy atom. The van der Waals surface area contributed by atoms with Gasteiger partial charge in [-0.3, -0.25) is 9.59 Å². The molecule has 6 rings (SSSR count). The van der Waals surface area contributed by atoms with E-state index in [0.29, 0.717) is 25.3 Å². The van der Waals surface area contributed by atoms with Gasteiger partial charge in [-0.1, -0.05) is 36.4 Å². The first-order chi connectivity index (χ1) is 23.4. The van der Waals surface area contributed by atoms with Crippen LogP contribution in [0.25, 0.3) is 0 Å². The van der Waals surface area contributed by atoms with E-state index in [2.05, 4.69) is 10.3 Å². The summed E-state index contributed by atoms with van der Waals surface area (Å²) in [5.41, 5.74) is 2.79. The second-order valence-electron chi connectivity index (χ2n) is 11.5. The number of nitrogens with zero attached hydrogens (tertiary/aromatic N) is 2. The van der Waals surface area contributed by atoms with Crippen molar-refractivity contribution in [2.24, 2.45) is 0 Å². The molecule has 0 saturated carbocycles. The summed E-state index contributed by atoms with van der Waals surface area (Å²) >= 11 is 0. The second-order valence-corrected chi connectivity index (χ2v) is 11.5. The lowest BCUT2D eigenvalue weighted by Crippen LogP contribution is -2.38. The molecule has 48 heavy (non-hydrogen) atoms. The van der Waals surface area contributed by atoms with Crippen molar-refractivity contribution in [2.45, 2.75) is 57.2 Å². The molecule has 4 aromatic rings. The summed E-state index contributed by atoms with van der Waals surface area (Å²) in [6.45, 7) is 0.462. The highest BCUT2D eigenvalue weighted by atomic mass is 16.5. The minimum Gasteiger partial charge on any atom is -0.496 e. The second kappa shape index (κ2) is 16.5. The minimum atomic E-state index is -0.118. The molecule has 2 fully saturated rings. The minimum absolute atomic E-state index is 0.0117. The number of nitrogens with one attached hydrogen (secondary N) is 1. The third-order valence-corrected chi connectivity index (χ3v) is 8.53. The largest absolute Gasteiger partial charge is 0.496 e. The quantitative estimate of drug-likeness (QED) is 0.192. The van der Waals surface area contributed by atoms with Crippen molar-refractivity contribution in [1.29, 1.82) is 0 Å². The molecule has 2 saturated heterocycles. The number of rotatable bonds is 10. The van der Waals surface area contributed by atoms with Gasteiger partial charge in [-0.05, 0) is 67.6 Å². The Morgan fingerprint density at radius 3 is 1.88 bits per heavy atom. The van der Waals surface area contributed by atoms with Crippen LogP contribution in [0.4, 0.5) is 0 Å². The maximum atomic E-state index is 12.9. The number of aromatic nitrogens is 1. The Balaban J connectivity index is 0.000000224. The number of ether oxygens (including phenoxy) is 5. The number of carbonyl (C=O) groups excluding carboxylic acids is 2. The number of para-hydroxylation sites is 1. The van der Waals surface area contributed by atoms with Gasteiger partial charge in [0.25, 0.3) is 0 Å². The van der Waals surface area contributed by atoms with Crippen molar-refractivity contribution in [3.05, 3.63) is 102 Å². The number of amides is 2. The highest BCUT2D eigenvalue weighted by molar-refractivity contribution is 5.78. The van der Waals surface area contributed by atoms with Gasteiger partial charge in [0.15, 0.2) is 0 Å². The number of hydrogen-bond donors (Lipinski definition) is 1. The number of benzene rings is 3. The van der Waals surface area contributed by atoms with Gasteiger partial charge in [0.05, 0.1) is 51.6 Å². The van der Waals surface area contributed by atoms with Gasteiger partial charge in [0.1, 0.15) is 28.7 Å². The van der Waals surface area contributed by atoms with E-state index < -0.39 is 0 Å². The maximum Gasteiger partial charge on any atom is 0.223 e. The number of pyridine rings is 1. The molecular weight excluding hydrogens is 610 g/mol. The monoisotopic (exact) mass is 653 g/mol. The zero-order valence-electron chi connectivity index (χ0n) is 27.9. The first kappa shape index (κ1) is 34.1. The Hall–Kier alpha value is -5.25. The molecule has 2 aliphatic heterocycles. The molecule has 0 spiro atoms. The van der Waals surface area contributed by atoms with Gasteiger partial charge < -0.3 is 33.9 Å². The SMILES string of the molecule is COc1cccc(OC)c1C1CCCC(=O)N1.COc1cccc(OC)c1C1CCCC(=O)N1Cc1ccc(Oc2ccccc2)nc1. The van der Waals surface area contributed by atoms with Crippen LogP contribution in [0.2, 0.25) is 0 Å². The molecule has 3 heterocycles. The zero-order chi connectivity index (χ0) is 33.9. The maximum absolute atomic E-state index is 12.9. The zero-order valence-corrected chi connectivity index (χ0v) is 27.9. The van der Waals surface area contributed by atoms with E-state index in [1.165, 1.54) is 0 Å². The van der Waals surface area contributed by atoms with Crippen molar-refractivity contribution in [2.75, 3.05) is 28.4 Å². The number of hydrogen-bond acceptors (Lipinski definition) is 8. The van der Waals surface area contributed by atoms with Gasteiger partial charge in [0, 0.05) is 31.6 Å². The van der Waals surface area contributed by atoms with Crippen molar-refractivity contribution >= 4 is 11.8 Å². The van der Waals surface area contributed by atoms with Crippen LogP contribution in [0.5, 0.6) is 34.6 Å². The fourth-order valence-electron chi connectivity index (χ4n) is 6.24. The van der Waals surface area contributed by atoms with E-state index >= 15 is 0 Å². The summed E-state index contributed by atoms with van der Waals surface area (Å²) in [6.07, 6.45) is 6.41. The Labute approximate surface area is 281 Å². The van der Waals surface area contributed by atoms with Crippen molar-refractivity contribution < 1.29 is 33.3 Å². The highest BCUT2D eigenvalue weighted by Crippen LogP contribution is 2.42. The van der Waals surface area contributed by atoms with Gasteiger partial charge in [-0.15, -0.1) is 0 Å². The molecule has 0 radical (unpaired) electrons. The van der Waals surface area contributed by atoms with Crippen LogP contribution in [0.3, 0.4) is 0 Å². The fourth-order valence-corrected chi connectivity index (χ4v) is 6.24. The third kappa shape index (κ3) is 8.17. The number of likely N-dealkylation sites (tertiary alicyclic amines) is 1. The van der Waals surface area contributed by atoms with Gasteiger partial charge >= 0.3 is 0 Å². The van der Waals surface area contributed by atoms with E-state index in [4.69, 9.17) is 23.7 Å². The molecule has 2 amide bonds. The molecule has 1 N–H and O–H groups in total. The van der Waals surface area contributed by atoms with Crippen LogP contribution in [0, 0.1) is 0 Å². The predicted molar refractivity (Wildman–Crippen MR) is 182 cm³/mol. The Bertz CT molecular complexity index is 1620. The summed E-state index contributed by atoms with van der Waals surface area (Å²) in [7, 11) is 6.54. The summed E-state index contributed by atoms with van der Waals surface area (Å²) < 4.78 is 27.7. The average Bonchev–Trinajstić information content (AvgIpc) is 3.13. The first-order valence-electron chi connectivity index (χ1n) is 16.1. The van der Waals surface area contributed by atoms with Crippen LogP contribution in [0.15, 0.2) is 85.1 Å². The summed E-state index contributed by atoms with van der Waals surface area (Å²) in [4.78, 5) is 30.7. The molecule has 2 aliphatic rings. The molecule has 2 atom stereocenters. The van der Waals surface area contributed by atoms with Crippen LogP contribution in [-0.2, 0) is 16.1 Å². The molecule has 10 nitrogen and oxygen atoms in total. The molecule has 0 aliphatic carbocycles. The van der Waals surface area contributed by atoms with Gasteiger partial charge in [-0.25, -0.2) is 4.98 Å². The normalized spacial score (nSPS) is 17.4. The highest BCUT2D eigenvalue weighted by Gasteiger charge is 2.33. The summed E-state index contributed by atoms with van der Waals surface area (Å²) in [5, 5.41) is 2.98. The number of carbonyl (C=O) groups is 2. The lowest BCUT2D eigenvalue weighted by Gasteiger charge is -2.37. The Morgan fingerprint density at radius 2 is 1.31 bits per heavy atom. The Kier molecular flexibility index (Phi) is 11.7. The number of piperidine rings is 2. The lowest BCUT2D eigenvalue weighted by atomic mass is 9.93. The first-order valence-corrected chi connectivity index (χ1v) is 16.1. The van der Waals surface area contributed by atoms with Crippen molar-refractivity contribution in [3.63, 3.8) is 0 Å². The molecule has 10 heteroatoms. The van der Waals surface area contributed by atoms with Gasteiger partial charge in [0.2, 0.25) is 17.7 Å². The fraction of sp³-hybridized carbons (Fsp3) is 0.342. The summed E-state index contributed by atoms with van der Waals surface area (Å²) in [5.74, 6) is 4.44. The standard InChI is InChI=1S/C25H26N2O4.C13H17NO3/c1-29-21-11-7-12-22(30-2)25(21)20-10-6-13-24(28)27(20)17-18-14-15-23(26-16-18)31-19-8-4-3-5-9-19;1-16-10-6-4-7-11(17-2)13(10)9-5-3-8-12(15)14-9/h3-5,7-9,11-12,14-16,20H,6,10,13,17H2,1-2H3;4,6-7,9H,3,5,8H2,1-2H3,(H,14,15). The van der Waals surface area contributed by atoms with Crippen LogP contribution in [-0.4, -0.2) is 50.1 Å². The van der Waals surface area contributed by atoms with Gasteiger partial charge in [-0.2, -0.15) is 0 Å². The van der Waals surface area contributed by atoms with E-state index in [1.807, 2.05) is 83.8 Å². The van der Waals surface area contributed by atoms with Crippen LogP contribution in [0.1, 0.15) is 67.3 Å². The summed E-state index contributed by atoms with van der Waals surface area (Å²) in [6, 6.07) is 24.5. The topological polar surface area (TPSA) is 108 Å². The molecule has 3 aromatic carbocycles. The smallest absolute Gasteiger partial charge is 0.223 e. The third-order valence-electron chi connectivity index (χ3n) is 8.53. The van der Waals surface area contributed by atoms with Crippen LogP contribution >= 0.6 is 0 Å². The van der Waals surface area contributed by atoms with Crippen molar-refractivity contribution in [3.8, 4) is 34.6 Å².